The summed E-state index contributed by atoms with van der Waals surface area (Å²) in [5.41, 5.74) is 2.88. The van der Waals surface area contributed by atoms with E-state index >= 15 is 0 Å². The number of aromatic nitrogens is 1. The number of rotatable bonds is 5. The number of amides is 1. The Balaban J connectivity index is 1.66. The molecule has 2 N–H and O–H groups in total. The average Bonchev–Trinajstić information content (AvgIpc) is 2.97. The molecule has 118 valence electrons. The highest BCUT2D eigenvalue weighted by Crippen LogP contribution is 2.23. The predicted molar refractivity (Wildman–Crippen MR) is 95.0 cm³/mol. The topological polar surface area (TPSA) is 54.1 Å². The van der Waals surface area contributed by atoms with Crippen molar-refractivity contribution >= 4 is 32.7 Å². The minimum absolute atomic E-state index is 0.0660. The number of H-pyrrole nitrogens is 1. The molecule has 1 aromatic heterocycles. The number of fused-ring (bicyclic) bond motifs is 1. The summed E-state index contributed by atoms with van der Waals surface area (Å²) in [6.45, 7) is 0.579. The van der Waals surface area contributed by atoms with Gasteiger partial charge < -0.3 is 15.0 Å². The molecule has 0 saturated heterocycles. The van der Waals surface area contributed by atoms with Crippen molar-refractivity contribution in [3.63, 3.8) is 0 Å². The number of nitrogens with one attached hydrogen (secondary N) is 2. The normalized spacial score (nSPS) is 10.7. The maximum Gasteiger partial charge on any atom is 0.251 e. The van der Waals surface area contributed by atoms with Crippen LogP contribution in [0.4, 0.5) is 0 Å². The molecule has 0 aliphatic heterocycles. The highest BCUT2D eigenvalue weighted by atomic mass is 79.9. The Morgan fingerprint density at radius 2 is 2.13 bits per heavy atom. The van der Waals surface area contributed by atoms with Gasteiger partial charge in [0.05, 0.1) is 7.11 Å². The Bertz CT molecular complexity index is 842. The van der Waals surface area contributed by atoms with Gasteiger partial charge in [0.15, 0.2) is 0 Å². The molecule has 0 atom stereocenters. The van der Waals surface area contributed by atoms with Gasteiger partial charge in [-0.05, 0) is 48.4 Å². The fraction of sp³-hybridized carbons (Fsp3) is 0.167. The van der Waals surface area contributed by atoms with Gasteiger partial charge in [-0.25, -0.2) is 0 Å². The maximum atomic E-state index is 12.1. The van der Waals surface area contributed by atoms with Gasteiger partial charge in [0.2, 0.25) is 0 Å². The van der Waals surface area contributed by atoms with Crippen molar-refractivity contribution in [3.05, 3.63) is 64.3 Å². The summed E-state index contributed by atoms with van der Waals surface area (Å²) in [6.07, 6.45) is 2.74. The number of benzene rings is 2. The Morgan fingerprint density at radius 3 is 2.91 bits per heavy atom. The summed E-state index contributed by atoms with van der Waals surface area (Å²) in [6, 6.07) is 13.3. The standard InChI is InChI=1S/C18H17BrN2O2/c1-23-15-5-6-17-16(10-15)13(11-21-17)7-8-20-18(22)12-3-2-4-14(19)9-12/h2-6,9-11,21H,7-8H2,1H3,(H,20,22). The summed E-state index contributed by atoms with van der Waals surface area (Å²) in [5, 5.41) is 4.08. The molecule has 2 aromatic carbocycles. The van der Waals surface area contributed by atoms with Gasteiger partial charge in [0.25, 0.3) is 5.91 Å². The second-order valence-corrected chi connectivity index (χ2v) is 6.16. The molecule has 0 bridgehead atoms. The van der Waals surface area contributed by atoms with Crippen LogP contribution in [0.2, 0.25) is 0 Å². The summed E-state index contributed by atoms with van der Waals surface area (Å²) >= 11 is 3.37. The third kappa shape index (κ3) is 3.56. The van der Waals surface area contributed by atoms with E-state index < -0.39 is 0 Å². The minimum atomic E-state index is -0.0660. The zero-order chi connectivity index (χ0) is 16.2. The second-order valence-electron chi connectivity index (χ2n) is 5.24. The zero-order valence-electron chi connectivity index (χ0n) is 12.7. The molecule has 4 nitrogen and oxygen atoms in total. The minimum Gasteiger partial charge on any atom is -0.497 e. The van der Waals surface area contributed by atoms with E-state index in [0.29, 0.717) is 12.1 Å². The first kappa shape index (κ1) is 15.6. The Hall–Kier alpha value is -2.27. The van der Waals surface area contributed by atoms with E-state index in [4.69, 9.17) is 4.74 Å². The quantitative estimate of drug-likeness (QED) is 0.713. The van der Waals surface area contributed by atoms with E-state index in [2.05, 4.69) is 26.2 Å². The smallest absolute Gasteiger partial charge is 0.251 e. The van der Waals surface area contributed by atoms with Crippen LogP contribution >= 0.6 is 15.9 Å². The van der Waals surface area contributed by atoms with E-state index in [1.807, 2.05) is 42.6 Å². The van der Waals surface area contributed by atoms with E-state index in [9.17, 15) is 4.79 Å². The number of carbonyl (C=O) groups is 1. The molecule has 0 aliphatic rings. The summed E-state index contributed by atoms with van der Waals surface area (Å²) in [7, 11) is 1.66. The van der Waals surface area contributed by atoms with Crippen molar-refractivity contribution in [2.24, 2.45) is 0 Å². The van der Waals surface area contributed by atoms with Gasteiger partial charge >= 0.3 is 0 Å². The van der Waals surface area contributed by atoms with Crippen LogP contribution in [0.15, 0.2) is 53.1 Å². The lowest BCUT2D eigenvalue weighted by molar-refractivity contribution is 0.0954. The van der Waals surface area contributed by atoms with Crippen LogP contribution in [-0.4, -0.2) is 24.5 Å². The average molecular weight is 373 g/mol. The molecule has 1 heterocycles. The van der Waals surface area contributed by atoms with Crippen LogP contribution in [0.1, 0.15) is 15.9 Å². The molecule has 0 saturated carbocycles. The molecule has 1 amide bonds. The molecule has 23 heavy (non-hydrogen) atoms. The van der Waals surface area contributed by atoms with Crippen molar-refractivity contribution in [2.45, 2.75) is 6.42 Å². The highest BCUT2D eigenvalue weighted by Gasteiger charge is 2.08. The molecular weight excluding hydrogens is 356 g/mol. The Morgan fingerprint density at radius 1 is 1.26 bits per heavy atom. The third-order valence-electron chi connectivity index (χ3n) is 3.74. The largest absolute Gasteiger partial charge is 0.497 e. The van der Waals surface area contributed by atoms with Crippen molar-refractivity contribution < 1.29 is 9.53 Å². The first-order valence-electron chi connectivity index (χ1n) is 7.35. The number of halogens is 1. The van der Waals surface area contributed by atoms with Gasteiger partial charge in [-0.15, -0.1) is 0 Å². The van der Waals surface area contributed by atoms with Gasteiger partial charge in [0, 0.05) is 33.7 Å². The first-order chi connectivity index (χ1) is 11.2. The van der Waals surface area contributed by atoms with Crippen LogP contribution in [0.5, 0.6) is 5.75 Å². The van der Waals surface area contributed by atoms with Gasteiger partial charge in [-0.1, -0.05) is 22.0 Å². The maximum absolute atomic E-state index is 12.1. The molecule has 3 rings (SSSR count). The van der Waals surface area contributed by atoms with Crippen molar-refractivity contribution in [3.8, 4) is 5.75 Å². The molecule has 0 fully saturated rings. The fourth-order valence-electron chi connectivity index (χ4n) is 2.53. The number of aromatic amines is 1. The number of hydrogen-bond donors (Lipinski definition) is 2. The molecule has 0 unspecified atom stereocenters. The van der Waals surface area contributed by atoms with Crippen molar-refractivity contribution in [1.29, 1.82) is 0 Å². The van der Waals surface area contributed by atoms with E-state index in [-0.39, 0.29) is 5.91 Å². The molecule has 0 spiro atoms. The van der Waals surface area contributed by atoms with Crippen LogP contribution in [0, 0.1) is 0 Å². The Labute approximate surface area is 143 Å². The summed E-state index contributed by atoms with van der Waals surface area (Å²) in [4.78, 5) is 15.4. The van der Waals surface area contributed by atoms with Crippen molar-refractivity contribution in [1.82, 2.24) is 10.3 Å². The highest BCUT2D eigenvalue weighted by molar-refractivity contribution is 9.10. The van der Waals surface area contributed by atoms with Crippen LogP contribution in [-0.2, 0) is 6.42 Å². The van der Waals surface area contributed by atoms with Gasteiger partial charge in [-0.2, -0.15) is 0 Å². The number of hydrogen-bond acceptors (Lipinski definition) is 2. The van der Waals surface area contributed by atoms with Crippen LogP contribution in [0.25, 0.3) is 10.9 Å². The Kier molecular flexibility index (Phi) is 4.67. The van der Waals surface area contributed by atoms with E-state index in [0.717, 1.165) is 33.1 Å². The zero-order valence-corrected chi connectivity index (χ0v) is 14.3. The lowest BCUT2D eigenvalue weighted by atomic mass is 10.1. The number of methoxy groups -OCH3 is 1. The van der Waals surface area contributed by atoms with E-state index in [1.165, 1.54) is 0 Å². The molecule has 5 heteroatoms. The lowest BCUT2D eigenvalue weighted by Crippen LogP contribution is -2.25. The molecular formula is C18H17BrN2O2. The summed E-state index contributed by atoms with van der Waals surface area (Å²) < 4.78 is 6.17. The molecule has 0 radical (unpaired) electrons. The molecule has 0 aliphatic carbocycles. The first-order valence-corrected chi connectivity index (χ1v) is 8.14. The van der Waals surface area contributed by atoms with Crippen LogP contribution in [0.3, 0.4) is 0 Å². The number of ether oxygens (including phenoxy) is 1. The van der Waals surface area contributed by atoms with Crippen LogP contribution < -0.4 is 10.1 Å². The SMILES string of the molecule is COc1ccc2[nH]cc(CCNC(=O)c3cccc(Br)c3)c2c1. The third-order valence-corrected chi connectivity index (χ3v) is 4.23. The van der Waals surface area contributed by atoms with Gasteiger partial charge in [-0.3, -0.25) is 4.79 Å². The molecule has 3 aromatic rings. The fourth-order valence-corrected chi connectivity index (χ4v) is 2.93. The lowest BCUT2D eigenvalue weighted by Gasteiger charge is -2.06. The summed E-state index contributed by atoms with van der Waals surface area (Å²) in [5.74, 6) is 0.764. The monoisotopic (exact) mass is 372 g/mol. The van der Waals surface area contributed by atoms with E-state index in [1.54, 1.807) is 13.2 Å². The van der Waals surface area contributed by atoms with Gasteiger partial charge in [0.1, 0.15) is 5.75 Å². The second kappa shape index (κ2) is 6.87. The predicted octanol–water partition coefficient (Wildman–Crippen LogP) is 3.91. The van der Waals surface area contributed by atoms with Crippen molar-refractivity contribution in [2.75, 3.05) is 13.7 Å². The number of carbonyl (C=O) groups excluding carboxylic acids is 1.